The van der Waals surface area contributed by atoms with Crippen LogP contribution in [0.25, 0.3) is 0 Å². The molecule has 2 aliphatic heterocycles. The molecule has 2 saturated heterocycles. The summed E-state index contributed by atoms with van der Waals surface area (Å²) in [6.07, 6.45) is 2.23. The van der Waals surface area contributed by atoms with Gasteiger partial charge in [0.1, 0.15) is 0 Å². The molecule has 2 rings (SSSR count). The van der Waals surface area contributed by atoms with Gasteiger partial charge in [-0.2, -0.15) is 0 Å². The number of hydrogen-bond acceptors (Lipinski definition) is 4. The zero-order valence-corrected chi connectivity index (χ0v) is 11.1. The molecule has 0 unspecified atom stereocenters. The summed E-state index contributed by atoms with van der Waals surface area (Å²) >= 11 is 0. The first-order valence-electron chi connectivity index (χ1n) is 6.21. The summed E-state index contributed by atoms with van der Waals surface area (Å²) < 4.78 is 31.4. The fourth-order valence-electron chi connectivity index (χ4n) is 2.41. The van der Waals surface area contributed by atoms with Crippen molar-refractivity contribution in [2.45, 2.75) is 43.5 Å². The summed E-state index contributed by atoms with van der Waals surface area (Å²) in [6, 6.07) is 0. The minimum absolute atomic E-state index is 0.292. The van der Waals surface area contributed by atoms with Gasteiger partial charge in [-0.1, -0.05) is 0 Å². The Balaban J connectivity index is 2.01. The van der Waals surface area contributed by atoms with Gasteiger partial charge in [0, 0.05) is 26.3 Å². The average molecular weight is 263 g/mol. The lowest BCUT2D eigenvalue weighted by atomic mass is 9.95. The molecular formula is C11H21NO4S. The molecule has 2 heterocycles. The SMILES string of the molecule is CC1(O)CCN(S(=O)(=O)C2CCOCC2)CC1. The van der Waals surface area contributed by atoms with E-state index in [0.717, 1.165) is 0 Å². The third kappa shape index (κ3) is 2.99. The molecule has 0 saturated carbocycles. The second kappa shape index (κ2) is 4.84. The summed E-state index contributed by atoms with van der Waals surface area (Å²) in [5.74, 6) is 0. The van der Waals surface area contributed by atoms with E-state index in [4.69, 9.17) is 4.74 Å². The van der Waals surface area contributed by atoms with Crippen molar-refractivity contribution in [3.63, 3.8) is 0 Å². The lowest BCUT2D eigenvalue weighted by Crippen LogP contribution is -2.49. The van der Waals surface area contributed by atoms with E-state index in [9.17, 15) is 13.5 Å². The molecule has 0 spiro atoms. The first kappa shape index (κ1) is 13.3. The third-order valence-corrected chi connectivity index (χ3v) is 6.15. The van der Waals surface area contributed by atoms with Crippen molar-refractivity contribution >= 4 is 10.0 Å². The van der Waals surface area contributed by atoms with E-state index < -0.39 is 15.6 Å². The van der Waals surface area contributed by atoms with E-state index in [2.05, 4.69) is 0 Å². The number of nitrogens with zero attached hydrogens (tertiary/aromatic N) is 1. The fraction of sp³-hybridized carbons (Fsp3) is 1.00. The zero-order chi connectivity index (χ0) is 12.5. The highest BCUT2D eigenvalue weighted by Gasteiger charge is 2.37. The maximum absolute atomic E-state index is 12.3. The Labute approximate surface area is 103 Å². The molecule has 2 fully saturated rings. The number of sulfonamides is 1. The van der Waals surface area contributed by atoms with Crippen LogP contribution >= 0.6 is 0 Å². The predicted molar refractivity (Wildman–Crippen MR) is 64.2 cm³/mol. The Hall–Kier alpha value is -0.170. The van der Waals surface area contributed by atoms with Gasteiger partial charge >= 0.3 is 0 Å². The Bertz CT molecular complexity index is 350. The molecule has 17 heavy (non-hydrogen) atoms. The molecule has 5 nitrogen and oxygen atoms in total. The van der Waals surface area contributed by atoms with Crippen LogP contribution in [0.3, 0.4) is 0 Å². The van der Waals surface area contributed by atoms with E-state index in [-0.39, 0.29) is 5.25 Å². The van der Waals surface area contributed by atoms with Crippen LogP contribution in [0.2, 0.25) is 0 Å². The highest BCUT2D eigenvalue weighted by molar-refractivity contribution is 7.89. The Morgan fingerprint density at radius 2 is 1.76 bits per heavy atom. The smallest absolute Gasteiger partial charge is 0.217 e. The van der Waals surface area contributed by atoms with Crippen molar-refractivity contribution in [3.05, 3.63) is 0 Å². The van der Waals surface area contributed by atoms with Crippen LogP contribution in [0.4, 0.5) is 0 Å². The Kier molecular flexibility index (Phi) is 3.77. The lowest BCUT2D eigenvalue weighted by molar-refractivity contribution is 0.0119. The topological polar surface area (TPSA) is 66.8 Å². The molecule has 0 aliphatic carbocycles. The first-order valence-corrected chi connectivity index (χ1v) is 7.71. The molecule has 0 atom stereocenters. The van der Waals surface area contributed by atoms with Crippen LogP contribution in [0.5, 0.6) is 0 Å². The largest absolute Gasteiger partial charge is 0.390 e. The maximum atomic E-state index is 12.3. The van der Waals surface area contributed by atoms with Gasteiger partial charge in [0.2, 0.25) is 10.0 Å². The van der Waals surface area contributed by atoms with Crippen LogP contribution < -0.4 is 0 Å². The summed E-state index contributed by atoms with van der Waals surface area (Å²) in [6.45, 7) is 3.72. The maximum Gasteiger partial charge on any atom is 0.217 e. The molecule has 0 aromatic heterocycles. The minimum atomic E-state index is -3.19. The van der Waals surface area contributed by atoms with Crippen molar-refractivity contribution < 1.29 is 18.3 Å². The quantitative estimate of drug-likeness (QED) is 0.780. The highest BCUT2D eigenvalue weighted by atomic mass is 32.2. The Morgan fingerprint density at radius 3 is 2.29 bits per heavy atom. The van der Waals surface area contributed by atoms with Gasteiger partial charge in [-0.25, -0.2) is 12.7 Å². The molecule has 0 amide bonds. The zero-order valence-electron chi connectivity index (χ0n) is 10.3. The third-order valence-electron chi connectivity index (χ3n) is 3.75. The molecule has 0 aromatic rings. The molecule has 2 aliphatic rings. The van der Waals surface area contributed by atoms with Crippen molar-refractivity contribution in [1.29, 1.82) is 0 Å². The number of piperidine rings is 1. The summed E-state index contributed by atoms with van der Waals surface area (Å²) in [4.78, 5) is 0. The lowest BCUT2D eigenvalue weighted by Gasteiger charge is -2.37. The van der Waals surface area contributed by atoms with Crippen molar-refractivity contribution in [1.82, 2.24) is 4.31 Å². The van der Waals surface area contributed by atoms with Crippen molar-refractivity contribution in [3.8, 4) is 0 Å². The van der Waals surface area contributed by atoms with Gasteiger partial charge in [0.15, 0.2) is 0 Å². The fourth-order valence-corrected chi connectivity index (χ4v) is 4.31. The summed E-state index contributed by atoms with van der Waals surface area (Å²) in [5, 5.41) is 9.53. The minimum Gasteiger partial charge on any atom is -0.390 e. The van der Waals surface area contributed by atoms with Crippen LogP contribution in [-0.2, 0) is 14.8 Å². The molecule has 6 heteroatoms. The number of hydrogen-bond donors (Lipinski definition) is 1. The van der Waals surface area contributed by atoms with E-state index in [1.807, 2.05) is 0 Å². The van der Waals surface area contributed by atoms with Gasteiger partial charge in [-0.15, -0.1) is 0 Å². The van der Waals surface area contributed by atoms with Crippen LogP contribution in [0.1, 0.15) is 32.6 Å². The molecular weight excluding hydrogens is 242 g/mol. The monoisotopic (exact) mass is 263 g/mol. The van der Waals surface area contributed by atoms with Crippen molar-refractivity contribution in [2.75, 3.05) is 26.3 Å². The van der Waals surface area contributed by atoms with Crippen LogP contribution in [-0.4, -0.2) is 55.0 Å². The average Bonchev–Trinajstić information content (AvgIpc) is 2.29. The standard InChI is InChI=1S/C11H21NO4S/c1-11(13)4-6-12(7-5-11)17(14,15)10-2-8-16-9-3-10/h10,13H,2-9H2,1H3. The van der Waals surface area contributed by atoms with Gasteiger partial charge in [0.05, 0.1) is 10.9 Å². The second-order valence-electron chi connectivity index (χ2n) is 5.25. The van der Waals surface area contributed by atoms with Gasteiger partial charge in [0.25, 0.3) is 0 Å². The number of rotatable bonds is 2. The second-order valence-corrected chi connectivity index (χ2v) is 7.47. The van der Waals surface area contributed by atoms with Crippen LogP contribution in [0.15, 0.2) is 0 Å². The Morgan fingerprint density at radius 1 is 1.24 bits per heavy atom. The number of ether oxygens (including phenoxy) is 1. The molecule has 100 valence electrons. The normalized spacial score (nSPS) is 28.1. The number of aliphatic hydroxyl groups is 1. The van der Waals surface area contributed by atoms with Crippen molar-refractivity contribution in [2.24, 2.45) is 0 Å². The van der Waals surface area contributed by atoms with Gasteiger partial charge < -0.3 is 9.84 Å². The van der Waals surface area contributed by atoms with E-state index in [1.165, 1.54) is 0 Å². The van der Waals surface area contributed by atoms with E-state index in [1.54, 1.807) is 11.2 Å². The predicted octanol–water partition coefficient (Wildman–Crippen LogP) is 0.342. The van der Waals surface area contributed by atoms with E-state index in [0.29, 0.717) is 52.0 Å². The molecule has 0 aromatic carbocycles. The van der Waals surface area contributed by atoms with Gasteiger partial charge in [-0.05, 0) is 32.6 Å². The summed E-state index contributed by atoms with van der Waals surface area (Å²) in [5.41, 5.74) is -0.707. The first-order chi connectivity index (χ1) is 7.92. The molecule has 1 N–H and O–H groups in total. The van der Waals surface area contributed by atoms with Crippen LogP contribution in [0, 0.1) is 0 Å². The van der Waals surface area contributed by atoms with E-state index >= 15 is 0 Å². The van der Waals surface area contributed by atoms with Gasteiger partial charge in [-0.3, -0.25) is 0 Å². The molecule has 0 radical (unpaired) electrons. The summed E-state index contributed by atoms with van der Waals surface area (Å²) in [7, 11) is -3.19. The highest BCUT2D eigenvalue weighted by Crippen LogP contribution is 2.27. The molecule has 0 bridgehead atoms.